The number of hydrogen-bond acceptors (Lipinski definition) is 4. The minimum absolute atomic E-state index is 0.0936. The Morgan fingerprint density at radius 2 is 2.10 bits per heavy atom. The fourth-order valence-electron chi connectivity index (χ4n) is 1.79. The Hall–Kier alpha value is -2.05. The van der Waals surface area contributed by atoms with Crippen LogP contribution in [0.25, 0.3) is 0 Å². The van der Waals surface area contributed by atoms with Crippen molar-refractivity contribution in [1.29, 1.82) is 0 Å². The molecule has 7 nitrogen and oxygen atoms in total. The van der Waals surface area contributed by atoms with Gasteiger partial charge in [-0.05, 0) is 20.8 Å². The van der Waals surface area contributed by atoms with Crippen molar-refractivity contribution in [2.24, 2.45) is 0 Å². The summed E-state index contributed by atoms with van der Waals surface area (Å²) in [6.45, 7) is 7.85. The summed E-state index contributed by atoms with van der Waals surface area (Å²) in [4.78, 5) is 28.4. The van der Waals surface area contributed by atoms with Gasteiger partial charge in [-0.15, -0.1) is 0 Å². The molecule has 0 aliphatic carbocycles. The summed E-state index contributed by atoms with van der Waals surface area (Å²) >= 11 is 0. The van der Waals surface area contributed by atoms with Crippen molar-refractivity contribution in [2.75, 3.05) is 6.54 Å². The van der Waals surface area contributed by atoms with Gasteiger partial charge < -0.3 is 19.7 Å². The van der Waals surface area contributed by atoms with Gasteiger partial charge in [-0.25, -0.2) is 9.78 Å². The lowest BCUT2D eigenvalue weighted by molar-refractivity contribution is -0.137. The van der Waals surface area contributed by atoms with Crippen LogP contribution >= 0.6 is 0 Å². The van der Waals surface area contributed by atoms with Gasteiger partial charge in [0.25, 0.3) is 0 Å². The summed E-state index contributed by atoms with van der Waals surface area (Å²) in [7, 11) is 0. The van der Waals surface area contributed by atoms with E-state index in [9.17, 15) is 9.59 Å². The maximum atomic E-state index is 12.2. The Morgan fingerprint density at radius 3 is 2.57 bits per heavy atom. The molecule has 1 heterocycles. The van der Waals surface area contributed by atoms with Gasteiger partial charge in [-0.1, -0.05) is 6.92 Å². The molecule has 7 heteroatoms. The molecule has 0 saturated carbocycles. The van der Waals surface area contributed by atoms with E-state index in [1.807, 2.05) is 27.7 Å². The molecule has 118 valence electrons. The topological polar surface area (TPSA) is 95.7 Å². The first-order valence-electron chi connectivity index (χ1n) is 6.95. The van der Waals surface area contributed by atoms with Crippen LogP contribution in [0.2, 0.25) is 0 Å². The van der Waals surface area contributed by atoms with E-state index in [0.29, 0.717) is 5.89 Å². The number of carboxylic acids is 1. The maximum Gasteiger partial charge on any atom is 0.318 e. The molecular weight excluding hydrogens is 274 g/mol. The predicted octanol–water partition coefficient (Wildman–Crippen LogP) is 2.02. The number of hydrogen-bond donors (Lipinski definition) is 2. The standard InChI is InChI=1S/C14H23N3O4/c1-5-10-8-15-11(21-10)9-16-13(20)17(14(2,3)4)7-6-12(18)19/h8H,5-7,9H2,1-4H3,(H,16,20)(H,18,19). The van der Waals surface area contributed by atoms with Gasteiger partial charge in [-0.2, -0.15) is 0 Å². The van der Waals surface area contributed by atoms with Gasteiger partial charge in [0.2, 0.25) is 5.89 Å². The molecule has 1 aromatic rings. The lowest BCUT2D eigenvalue weighted by atomic mass is 10.1. The molecule has 0 aromatic carbocycles. The third-order valence-electron chi connectivity index (χ3n) is 2.94. The number of aliphatic carboxylic acids is 1. The average Bonchev–Trinajstić information content (AvgIpc) is 2.82. The zero-order valence-corrected chi connectivity index (χ0v) is 13.0. The van der Waals surface area contributed by atoms with Crippen LogP contribution in [0.15, 0.2) is 10.6 Å². The number of nitrogens with one attached hydrogen (secondary N) is 1. The lowest BCUT2D eigenvalue weighted by Crippen LogP contribution is -2.51. The second-order valence-corrected chi connectivity index (χ2v) is 5.70. The van der Waals surface area contributed by atoms with Crippen LogP contribution in [0.5, 0.6) is 0 Å². The predicted molar refractivity (Wildman–Crippen MR) is 76.8 cm³/mol. The summed E-state index contributed by atoms with van der Waals surface area (Å²) in [5.41, 5.74) is -0.468. The highest BCUT2D eigenvalue weighted by Gasteiger charge is 2.26. The number of urea groups is 1. The smallest absolute Gasteiger partial charge is 0.318 e. The zero-order chi connectivity index (χ0) is 16.0. The van der Waals surface area contributed by atoms with Crippen molar-refractivity contribution in [2.45, 2.75) is 52.6 Å². The molecule has 2 amide bonds. The minimum Gasteiger partial charge on any atom is -0.481 e. The molecule has 0 fully saturated rings. The highest BCUT2D eigenvalue weighted by Crippen LogP contribution is 2.14. The van der Waals surface area contributed by atoms with E-state index in [0.717, 1.165) is 12.2 Å². The second-order valence-electron chi connectivity index (χ2n) is 5.70. The molecule has 0 aliphatic heterocycles. The van der Waals surface area contributed by atoms with Crippen LogP contribution in [-0.2, 0) is 17.8 Å². The summed E-state index contributed by atoms with van der Waals surface area (Å²) < 4.78 is 5.41. The number of carbonyl (C=O) groups is 2. The van der Waals surface area contributed by atoms with Crippen LogP contribution < -0.4 is 5.32 Å². The van der Waals surface area contributed by atoms with Crippen molar-refractivity contribution >= 4 is 12.0 Å². The summed E-state index contributed by atoms with van der Waals surface area (Å²) in [6.07, 6.45) is 2.28. The first-order valence-corrected chi connectivity index (χ1v) is 6.95. The average molecular weight is 297 g/mol. The van der Waals surface area contributed by atoms with Crippen molar-refractivity contribution in [3.05, 3.63) is 17.8 Å². The van der Waals surface area contributed by atoms with Crippen molar-refractivity contribution in [3.63, 3.8) is 0 Å². The first kappa shape index (κ1) is 17.0. The number of carbonyl (C=O) groups excluding carboxylic acids is 1. The van der Waals surface area contributed by atoms with Crippen molar-refractivity contribution in [1.82, 2.24) is 15.2 Å². The quantitative estimate of drug-likeness (QED) is 0.837. The van der Waals surface area contributed by atoms with Crippen LogP contribution in [0.3, 0.4) is 0 Å². The lowest BCUT2D eigenvalue weighted by Gasteiger charge is -2.35. The van der Waals surface area contributed by atoms with Crippen molar-refractivity contribution < 1.29 is 19.1 Å². The van der Waals surface area contributed by atoms with E-state index >= 15 is 0 Å². The van der Waals surface area contributed by atoms with Gasteiger partial charge in [0.05, 0.1) is 19.2 Å². The van der Waals surface area contributed by atoms with Crippen LogP contribution in [0.1, 0.15) is 45.8 Å². The van der Waals surface area contributed by atoms with E-state index in [-0.39, 0.29) is 25.5 Å². The minimum atomic E-state index is -0.933. The second kappa shape index (κ2) is 7.10. The summed E-state index contributed by atoms with van der Waals surface area (Å²) in [5.74, 6) is 0.266. The largest absolute Gasteiger partial charge is 0.481 e. The Labute approximate surface area is 124 Å². The van der Waals surface area contributed by atoms with Gasteiger partial charge in [0.1, 0.15) is 5.76 Å². The first-order chi connectivity index (χ1) is 9.74. The SMILES string of the molecule is CCc1cnc(CNC(=O)N(CCC(=O)O)C(C)(C)C)o1. The highest BCUT2D eigenvalue weighted by atomic mass is 16.4. The summed E-state index contributed by atoms with van der Waals surface area (Å²) in [5, 5.41) is 11.5. The van der Waals surface area contributed by atoms with Gasteiger partial charge in [0, 0.05) is 18.5 Å². The molecule has 0 radical (unpaired) electrons. The molecule has 0 spiro atoms. The van der Waals surface area contributed by atoms with E-state index in [1.165, 1.54) is 4.90 Å². The fourth-order valence-corrected chi connectivity index (χ4v) is 1.79. The number of amides is 2. The number of rotatable bonds is 6. The molecule has 0 atom stereocenters. The third kappa shape index (κ3) is 5.45. The van der Waals surface area contributed by atoms with Crippen LogP contribution in [0, 0.1) is 0 Å². The maximum absolute atomic E-state index is 12.2. The van der Waals surface area contributed by atoms with E-state index < -0.39 is 11.5 Å². The van der Waals surface area contributed by atoms with Gasteiger partial charge in [0.15, 0.2) is 0 Å². The molecular formula is C14H23N3O4. The van der Waals surface area contributed by atoms with E-state index in [1.54, 1.807) is 6.20 Å². The number of nitrogens with zero attached hydrogens (tertiary/aromatic N) is 2. The van der Waals surface area contributed by atoms with Gasteiger partial charge in [-0.3, -0.25) is 4.79 Å². The van der Waals surface area contributed by atoms with Crippen LogP contribution in [-0.4, -0.2) is 39.1 Å². The van der Waals surface area contributed by atoms with Crippen molar-refractivity contribution in [3.8, 4) is 0 Å². The molecule has 0 bridgehead atoms. The Bertz CT molecular complexity index is 491. The fraction of sp³-hybridized carbons (Fsp3) is 0.643. The Morgan fingerprint density at radius 1 is 1.43 bits per heavy atom. The molecule has 0 aliphatic rings. The number of oxazole rings is 1. The molecule has 0 unspecified atom stereocenters. The molecule has 0 saturated heterocycles. The van der Waals surface area contributed by atoms with Crippen LogP contribution in [0.4, 0.5) is 4.79 Å². The van der Waals surface area contributed by atoms with Gasteiger partial charge >= 0.3 is 12.0 Å². The molecule has 1 aromatic heterocycles. The Balaban J connectivity index is 2.61. The molecule has 21 heavy (non-hydrogen) atoms. The molecule has 1 rings (SSSR count). The number of carboxylic acid groups (broad SMARTS) is 1. The summed E-state index contributed by atoms with van der Waals surface area (Å²) in [6, 6.07) is -0.333. The molecule has 2 N–H and O–H groups in total. The third-order valence-corrected chi connectivity index (χ3v) is 2.94. The Kier molecular flexibility index (Phi) is 5.75. The highest BCUT2D eigenvalue weighted by molar-refractivity contribution is 5.76. The zero-order valence-electron chi connectivity index (χ0n) is 13.0. The van der Waals surface area contributed by atoms with E-state index in [2.05, 4.69) is 10.3 Å². The number of aryl methyl sites for hydroxylation is 1. The monoisotopic (exact) mass is 297 g/mol. The normalized spacial score (nSPS) is 11.2. The number of aromatic nitrogens is 1. The van der Waals surface area contributed by atoms with E-state index in [4.69, 9.17) is 9.52 Å².